The Bertz CT molecular complexity index is 417. The highest BCUT2D eigenvalue weighted by Crippen LogP contribution is 2.38. The molecule has 0 atom stereocenters. The molecule has 1 aromatic carbocycles. The molecular formula is C8H4ClF3O2S. The minimum atomic E-state index is -4.60. The Morgan fingerprint density at radius 2 is 1.93 bits per heavy atom. The van der Waals surface area contributed by atoms with Gasteiger partial charge in [0.2, 0.25) is 0 Å². The van der Waals surface area contributed by atoms with Crippen molar-refractivity contribution in [3.8, 4) is 0 Å². The molecule has 0 amide bonds. The summed E-state index contributed by atoms with van der Waals surface area (Å²) in [4.78, 5) is 9.96. The zero-order valence-electron chi connectivity index (χ0n) is 6.97. The van der Waals surface area contributed by atoms with Gasteiger partial charge in [0, 0.05) is 4.90 Å². The summed E-state index contributed by atoms with van der Waals surface area (Å²) in [6.45, 7) is 0. The summed E-state index contributed by atoms with van der Waals surface area (Å²) >= 11 is 9.00. The second-order valence-corrected chi connectivity index (χ2v) is 3.45. The van der Waals surface area contributed by atoms with E-state index in [1.54, 1.807) is 0 Å². The number of halogens is 4. The van der Waals surface area contributed by atoms with Crippen LogP contribution in [-0.4, -0.2) is 11.1 Å². The van der Waals surface area contributed by atoms with Crippen LogP contribution in [0.4, 0.5) is 13.2 Å². The molecule has 1 N–H and O–H groups in total. The van der Waals surface area contributed by atoms with E-state index in [0.29, 0.717) is 6.07 Å². The van der Waals surface area contributed by atoms with Crippen molar-refractivity contribution in [3.05, 3.63) is 28.3 Å². The Kier molecular flexibility index (Phi) is 3.20. The molecule has 0 radical (unpaired) electrons. The minimum Gasteiger partial charge on any atom is -0.478 e. The topological polar surface area (TPSA) is 37.3 Å². The zero-order chi connectivity index (χ0) is 11.8. The first-order chi connectivity index (χ1) is 6.75. The van der Waals surface area contributed by atoms with Gasteiger partial charge in [-0.2, -0.15) is 13.2 Å². The lowest BCUT2D eigenvalue weighted by molar-refractivity contribution is -0.139. The molecule has 0 fully saturated rings. The molecule has 1 aromatic rings. The van der Waals surface area contributed by atoms with Crippen LogP contribution in [0.2, 0.25) is 5.02 Å². The fourth-order valence-electron chi connectivity index (χ4n) is 0.958. The van der Waals surface area contributed by atoms with Gasteiger partial charge in [-0.1, -0.05) is 11.6 Å². The number of carboxylic acid groups (broad SMARTS) is 1. The Balaban J connectivity index is 3.41. The van der Waals surface area contributed by atoms with Gasteiger partial charge in [-0.25, -0.2) is 4.79 Å². The highest BCUT2D eigenvalue weighted by atomic mass is 35.5. The highest BCUT2D eigenvalue weighted by molar-refractivity contribution is 7.80. The van der Waals surface area contributed by atoms with Gasteiger partial charge in [-0.3, -0.25) is 0 Å². The highest BCUT2D eigenvalue weighted by Gasteiger charge is 2.34. The van der Waals surface area contributed by atoms with Gasteiger partial charge in [0.25, 0.3) is 0 Å². The molecule has 15 heavy (non-hydrogen) atoms. The maximum Gasteiger partial charge on any atom is 0.417 e. The molecule has 0 heterocycles. The standard InChI is InChI=1S/C8H4ClF3O2S/c9-5-3(7(13)14)1-2-4(6(5)15)8(10,11)12/h1-2,15H,(H,13,14). The van der Waals surface area contributed by atoms with Crippen LogP contribution in [-0.2, 0) is 6.18 Å². The first-order valence-corrected chi connectivity index (χ1v) is 4.39. The summed E-state index contributed by atoms with van der Waals surface area (Å²) in [5, 5.41) is 8.07. The predicted octanol–water partition coefficient (Wildman–Crippen LogP) is 3.35. The van der Waals surface area contributed by atoms with Crippen LogP contribution in [0, 0.1) is 0 Å². The maximum absolute atomic E-state index is 12.3. The first-order valence-electron chi connectivity index (χ1n) is 3.57. The van der Waals surface area contributed by atoms with Gasteiger partial charge in [-0.05, 0) is 12.1 Å². The monoisotopic (exact) mass is 256 g/mol. The summed E-state index contributed by atoms with van der Waals surface area (Å²) in [5.74, 6) is -1.40. The molecule has 0 aliphatic heterocycles. The van der Waals surface area contributed by atoms with Crippen LogP contribution < -0.4 is 0 Å². The lowest BCUT2D eigenvalue weighted by atomic mass is 10.1. The molecule has 2 nitrogen and oxygen atoms in total. The third-order valence-electron chi connectivity index (χ3n) is 1.65. The van der Waals surface area contributed by atoms with E-state index in [-0.39, 0.29) is 0 Å². The van der Waals surface area contributed by atoms with Crippen molar-refractivity contribution >= 4 is 30.2 Å². The van der Waals surface area contributed by atoms with Crippen molar-refractivity contribution in [1.29, 1.82) is 0 Å². The second-order valence-electron chi connectivity index (χ2n) is 2.63. The zero-order valence-corrected chi connectivity index (χ0v) is 8.62. The van der Waals surface area contributed by atoms with Crippen LogP contribution in [0.1, 0.15) is 15.9 Å². The third-order valence-corrected chi connectivity index (χ3v) is 2.64. The first kappa shape index (κ1) is 12.2. The van der Waals surface area contributed by atoms with E-state index in [2.05, 4.69) is 12.6 Å². The van der Waals surface area contributed by atoms with Crippen molar-refractivity contribution in [3.63, 3.8) is 0 Å². The fraction of sp³-hybridized carbons (Fsp3) is 0.125. The molecule has 0 saturated heterocycles. The summed E-state index contributed by atoms with van der Waals surface area (Å²) in [5.41, 5.74) is -1.46. The summed E-state index contributed by atoms with van der Waals surface area (Å²) < 4.78 is 36.9. The van der Waals surface area contributed by atoms with Crippen molar-refractivity contribution in [2.24, 2.45) is 0 Å². The lowest BCUT2D eigenvalue weighted by Gasteiger charge is -2.11. The van der Waals surface area contributed by atoms with E-state index >= 15 is 0 Å². The average Bonchev–Trinajstić information content (AvgIpc) is 2.06. The molecule has 1 rings (SSSR count). The van der Waals surface area contributed by atoms with Gasteiger partial charge in [-0.15, -0.1) is 12.6 Å². The number of aromatic carboxylic acids is 1. The average molecular weight is 257 g/mol. The normalized spacial score (nSPS) is 11.5. The van der Waals surface area contributed by atoms with Crippen molar-refractivity contribution < 1.29 is 23.1 Å². The second kappa shape index (κ2) is 3.94. The van der Waals surface area contributed by atoms with Gasteiger partial charge >= 0.3 is 12.1 Å². The molecule has 7 heteroatoms. The number of alkyl halides is 3. The summed E-state index contributed by atoms with van der Waals surface area (Å²) in [6, 6.07) is 1.44. The largest absolute Gasteiger partial charge is 0.478 e. The SMILES string of the molecule is O=C(O)c1ccc(C(F)(F)F)c(S)c1Cl. The van der Waals surface area contributed by atoms with Gasteiger partial charge in [0.05, 0.1) is 16.1 Å². The molecule has 0 spiro atoms. The van der Waals surface area contributed by atoms with Crippen LogP contribution in [0.5, 0.6) is 0 Å². The number of hydrogen-bond donors (Lipinski definition) is 2. The van der Waals surface area contributed by atoms with Gasteiger partial charge in [0.1, 0.15) is 0 Å². The maximum atomic E-state index is 12.3. The number of carboxylic acids is 1. The fourth-order valence-corrected chi connectivity index (χ4v) is 1.53. The molecule has 0 saturated carbocycles. The molecule has 0 unspecified atom stereocenters. The Morgan fingerprint density at radius 3 is 2.33 bits per heavy atom. The van der Waals surface area contributed by atoms with Crippen molar-refractivity contribution in [2.75, 3.05) is 0 Å². The van der Waals surface area contributed by atoms with Crippen LogP contribution in [0.3, 0.4) is 0 Å². The number of benzene rings is 1. The summed E-state index contributed by atoms with van der Waals surface area (Å²) in [6.07, 6.45) is -4.60. The lowest BCUT2D eigenvalue weighted by Crippen LogP contribution is -2.08. The van der Waals surface area contributed by atoms with E-state index in [0.717, 1.165) is 6.07 Å². The Labute approximate surface area is 93.1 Å². The van der Waals surface area contributed by atoms with Crippen LogP contribution in [0.15, 0.2) is 17.0 Å². The van der Waals surface area contributed by atoms with Crippen molar-refractivity contribution in [2.45, 2.75) is 11.1 Å². The smallest absolute Gasteiger partial charge is 0.417 e. The Morgan fingerprint density at radius 1 is 1.40 bits per heavy atom. The molecule has 82 valence electrons. The van der Waals surface area contributed by atoms with E-state index < -0.39 is 33.2 Å². The molecular weight excluding hydrogens is 253 g/mol. The predicted molar refractivity (Wildman–Crippen MR) is 50.7 cm³/mol. The van der Waals surface area contributed by atoms with Gasteiger partial charge < -0.3 is 5.11 Å². The number of thiol groups is 1. The molecule has 0 aliphatic carbocycles. The third kappa shape index (κ3) is 2.38. The quantitative estimate of drug-likeness (QED) is 0.756. The van der Waals surface area contributed by atoms with Crippen LogP contribution in [0.25, 0.3) is 0 Å². The van der Waals surface area contributed by atoms with Crippen molar-refractivity contribution in [1.82, 2.24) is 0 Å². The number of hydrogen-bond acceptors (Lipinski definition) is 2. The molecule has 0 aliphatic rings. The Hall–Kier alpha value is -0.880. The van der Waals surface area contributed by atoms with Crippen LogP contribution >= 0.6 is 24.2 Å². The minimum absolute atomic E-state index is 0.408. The van der Waals surface area contributed by atoms with E-state index in [1.807, 2.05) is 0 Å². The molecule has 0 bridgehead atoms. The molecule has 0 aromatic heterocycles. The van der Waals surface area contributed by atoms with E-state index in [1.165, 1.54) is 0 Å². The van der Waals surface area contributed by atoms with E-state index in [4.69, 9.17) is 16.7 Å². The number of carbonyl (C=O) groups is 1. The van der Waals surface area contributed by atoms with E-state index in [9.17, 15) is 18.0 Å². The number of rotatable bonds is 1. The van der Waals surface area contributed by atoms with Gasteiger partial charge in [0.15, 0.2) is 0 Å². The summed E-state index contributed by atoms with van der Waals surface area (Å²) in [7, 11) is 0.